The monoisotopic (exact) mass is 493 g/mol. The molecule has 4 nitrogen and oxygen atoms in total. The summed E-state index contributed by atoms with van der Waals surface area (Å²) in [5, 5.41) is 0. The van der Waals surface area contributed by atoms with E-state index < -0.39 is 10.8 Å². The summed E-state index contributed by atoms with van der Waals surface area (Å²) in [6.45, 7) is 13.4. The first-order valence-electron chi connectivity index (χ1n) is 12.6. The summed E-state index contributed by atoms with van der Waals surface area (Å²) in [5.41, 5.74) is 3.07. The second-order valence-corrected chi connectivity index (χ2v) is 11.5. The van der Waals surface area contributed by atoms with E-state index in [4.69, 9.17) is 4.74 Å². The lowest BCUT2D eigenvalue weighted by Crippen LogP contribution is -2.44. The van der Waals surface area contributed by atoms with Gasteiger partial charge >= 0.3 is 0 Å². The topological polar surface area (TPSA) is 46.6 Å². The third-order valence-electron chi connectivity index (χ3n) is 6.27. The van der Waals surface area contributed by atoms with Gasteiger partial charge in [-0.25, -0.2) is 4.90 Å². The fraction of sp³-hybridized carbons (Fsp3) is 0.273. The van der Waals surface area contributed by atoms with E-state index in [2.05, 4.69) is 0 Å². The Hall–Kier alpha value is -3.92. The predicted octanol–water partition coefficient (Wildman–Crippen LogP) is 7.69. The molecule has 1 heterocycles. The SMILES string of the molecule is Cc1ccc(N2C(=O)C(C(=O)C(C)(C)C)=C(C(C)(C)C)OC2=C(c2ccccc2)c2ccccc2)cc1. The van der Waals surface area contributed by atoms with Crippen LogP contribution in [0.25, 0.3) is 5.57 Å². The molecule has 0 radical (unpaired) electrons. The zero-order valence-corrected chi connectivity index (χ0v) is 22.8. The van der Waals surface area contributed by atoms with Crippen LogP contribution >= 0.6 is 0 Å². The van der Waals surface area contributed by atoms with Crippen LogP contribution in [-0.2, 0) is 14.3 Å². The standard InChI is InChI=1S/C33H35NO3/c1-22-18-20-25(21-19-22)34-30(36)27(28(35)32(2,3)4)29(33(5,6)7)37-31(34)26(23-14-10-8-11-15-23)24-16-12-9-13-17-24/h8-21H,1-7H3. The summed E-state index contributed by atoms with van der Waals surface area (Å²) in [5.74, 6) is 0.167. The Morgan fingerprint density at radius 3 is 1.65 bits per heavy atom. The van der Waals surface area contributed by atoms with Gasteiger partial charge in [-0.1, -0.05) is 120 Å². The van der Waals surface area contributed by atoms with Crippen molar-refractivity contribution in [2.75, 3.05) is 4.90 Å². The lowest BCUT2D eigenvalue weighted by atomic mass is 9.80. The number of anilines is 1. The van der Waals surface area contributed by atoms with E-state index in [0.717, 1.165) is 22.3 Å². The molecule has 4 rings (SSSR count). The van der Waals surface area contributed by atoms with Gasteiger partial charge in [-0.2, -0.15) is 0 Å². The number of Topliss-reactive ketones (excluding diaryl/α,β-unsaturated/α-hetero) is 1. The molecule has 0 saturated heterocycles. The van der Waals surface area contributed by atoms with Gasteiger partial charge in [0.1, 0.15) is 11.3 Å². The highest BCUT2D eigenvalue weighted by molar-refractivity contribution is 6.27. The molecule has 3 aromatic rings. The molecule has 0 spiro atoms. The van der Waals surface area contributed by atoms with Crippen LogP contribution in [0.2, 0.25) is 0 Å². The number of nitrogens with zero attached hydrogens (tertiary/aromatic N) is 1. The molecule has 0 fully saturated rings. The van der Waals surface area contributed by atoms with Crippen molar-refractivity contribution in [3.05, 3.63) is 119 Å². The van der Waals surface area contributed by atoms with Crippen molar-refractivity contribution in [1.29, 1.82) is 0 Å². The molecule has 0 saturated carbocycles. The van der Waals surface area contributed by atoms with Crippen LogP contribution in [0, 0.1) is 17.8 Å². The first-order chi connectivity index (χ1) is 17.4. The van der Waals surface area contributed by atoms with E-state index in [0.29, 0.717) is 17.3 Å². The highest BCUT2D eigenvalue weighted by Crippen LogP contribution is 2.44. The van der Waals surface area contributed by atoms with Crippen LogP contribution in [0.15, 0.2) is 102 Å². The molecule has 0 unspecified atom stereocenters. The number of amides is 1. The molecular formula is C33H35NO3. The molecule has 1 aliphatic rings. The van der Waals surface area contributed by atoms with Crippen LogP contribution in [-0.4, -0.2) is 11.7 Å². The van der Waals surface area contributed by atoms with E-state index in [9.17, 15) is 9.59 Å². The molecule has 1 aliphatic heterocycles. The molecule has 1 amide bonds. The van der Waals surface area contributed by atoms with Gasteiger partial charge in [0.15, 0.2) is 5.78 Å². The van der Waals surface area contributed by atoms with Crippen molar-refractivity contribution < 1.29 is 14.3 Å². The summed E-state index contributed by atoms with van der Waals surface area (Å²) in [6, 6.07) is 27.5. The zero-order valence-electron chi connectivity index (χ0n) is 22.8. The maximum Gasteiger partial charge on any atom is 0.272 e. The zero-order chi connectivity index (χ0) is 27.0. The maximum absolute atomic E-state index is 14.5. The van der Waals surface area contributed by atoms with Crippen LogP contribution in [0.4, 0.5) is 5.69 Å². The fourth-order valence-electron chi connectivity index (χ4n) is 4.31. The summed E-state index contributed by atoms with van der Waals surface area (Å²) < 4.78 is 6.76. The van der Waals surface area contributed by atoms with E-state index in [1.54, 1.807) is 4.90 Å². The minimum Gasteiger partial charge on any atom is -0.442 e. The van der Waals surface area contributed by atoms with Gasteiger partial charge in [0, 0.05) is 10.8 Å². The van der Waals surface area contributed by atoms with Gasteiger partial charge in [0.2, 0.25) is 5.88 Å². The first-order valence-corrected chi connectivity index (χ1v) is 12.6. The molecule has 190 valence electrons. The summed E-state index contributed by atoms with van der Waals surface area (Å²) in [6.07, 6.45) is 0. The number of aryl methyl sites for hydroxylation is 1. The second-order valence-electron chi connectivity index (χ2n) is 11.5. The average molecular weight is 494 g/mol. The quantitative estimate of drug-likeness (QED) is 0.350. The fourth-order valence-corrected chi connectivity index (χ4v) is 4.31. The molecular weight excluding hydrogens is 458 g/mol. The molecule has 37 heavy (non-hydrogen) atoms. The van der Waals surface area contributed by atoms with Crippen molar-refractivity contribution >= 4 is 23.0 Å². The number of carbonyl (C=O) groups excluding carboxylic acids is 2. The highest BCUT2D eigenvalue weighted by Gasteiger charge is 2.45. The summed E-state index contributed by atoms with van der Waals surface area (Å²) in [4.78, 5) is 29.8. The Bertz CT molecular complexity index is 1330. The molecule has 0 bridgehead atoms. The molecule has 4 heteroatoms. The Labute approximate surface area is 220 Å². The van der Waals surface area contributed by atoms with Crippen LogP contribution in [0.5, 0.6) is 0 Å². The van der Waals surface area contributed by atoms with Gasteiger partial charge in [0.05, 0.1) is 11.3 Å². The van der Waals surface area contributed by atoms with Crippen molar-refractivity contribution in [3.63, 3.8) is 0 Å². The minimum absolute atomic E-state index is 0.102. The number of hydrogen-bond acceptors (Lipinski definition) is 3. The summed E-state index contributed by atoms with van der Waals surface area (Å²) in [7, 11) is 0. The molecule has 3 aromatic carbocycles. The minimum atomic E-state index is -0.757. The number of benzene rings is 3. The van der Waals surface area contributed by atoms with E-state index in [1.165, 1.54) is 0 Å². The Kier molecular flexibility index (Phi) is 6.96. The lowest BCUT2D eigenvalue weighted by Gasteiger charge is -2.38. The van der Waals surface area contributed by atoms with Crippen LogP contribution in [0.3, 0.4) is 0 Å². The van der Waals surface area contributed by atoms with Gasteiger partial charge in [-0.3, -0.25) is 9.59 Å². The number of hydrogen-bond donors (Lipinski definition) is 0. The number of rotatable bonds is 4. The molecule has 0 aromatic heterocycles. The Morgan fingerprint density at radius 1 is 0.730 bits per heavy atom. The largest absolute Gasteiger partial charge is 0.442 e. The van der Waals surface area contributed by atoms with E-state index >= 15 is 0 Å². The average Bonchev–Trinajstić information content (AvgIpc) is 2.85. The van der Waals surface area contributed by atoms with E-state index in [1.807, 2.05) is 133 Å². The van der Waals surface area contributed by atoms with Gasteiger partial charge in [-0.15, -0.1) is 0 Å². The third-order valence-corrected chi connectivity index (χ3v) is 6.27. The Balaban J connectivity index is 2.13. The Morgan fingerprint density at radius 2 is 1.22 bits per heavy atom. The summed E-state index contributed by atoms with van der Waals surface area (Å²) >= 11 is 0. The number of allylic oxidation sites excluding steroid dienone is 1. The van der Waals surface area contributed by atoms with E-state index in [-0.39, 0.29) is 17.3 Å². The third kappa shape index (κ3) is 5.29. The highest BCUT2D eigenvalue weighted by atomic mass is 16.5. The second kappa shape index (κ2) is 9.85. The van der Waals surface area contributed by atoms with Gasteiger partial charge < -0.3 is 4.74 Å². The molecule has 0 atom stereocenters. The van der Waals surface area contributed by atoms with Gasteiger partial charge in [0.25, 0.3) is 5.91 Å². The van der Waals surface area contributed by atoms with Crippen molar-refractivity contribution in [3.8, 4) is 0 Å². The van der Waals surface area contributed by atoms with Gasteiger partial charge in [-0.05, 0) is 30.2 Å². The predicted molar refractivity (Wildman–Crippen MR) is 150 cm³/mol. The molecule has 0 aliphatic carbocycles. The normalized spacial score (nSPS) is 14.5. The lowest BCUT2D eigenvalue weighted by molar-refractivity contribution is -0.127. The molecule has 0 N–H and O–H groups in total. The van der Waals surface area contributed by atoms with Crippen molar-refractivity contribution in [2.45, 2.75) is 48.5 Å². The smallest absolute Gasteiger partial charge is 0.272 e. The van der Waals surface area contributed by atoms with Crippen molar-refractivity contribution in [2.24, 2.45) is 10.8 Å². The number of ketones is 1. The van der Waals surface area contributed by atoms with Crippen LogP contribution < -0.4 is 4.90 Å². The van der Waals surface area contributed by atoms with Crippen molar-refractivity contribution in [1.82, 2.24) is 0 Å². The number of carbonyl (C=O) groups is 2. The maximum atomic E-state index is 14.5. The van der Waals surface area contributed by atoms with Crippen LogP contribution in [0.1, 0.15) is 58.2 Å². The number of ether oxygens (including phenoxy) is 1. The first kappa shape index (κ1) is 26.2.